The van der Waals surface area contributed by atoms with Crippen LogP contribution in [-0.4, -0.2) is 32.6 Å². The molecule has 2 aromatic carbocycles. The van der Waals surface area contributed by atoms with E-state index in [9.17, 15) is 14.0 Å². The third kappa shape index (κ3) is 3.83. The number of ether oxygens (including phenoxy) is 3. The molecule has 24 heavy (non-hydrogen) atoms. The molecule has 0 atom stereocenters. The maximum absolute atomic E-state index is 13.5. The Morgan fingerprint density at radius 1 is 1.12 bits per heavy atom. The number of ketones is 1. The second-order valence-corrected chi connectivity index (χ2v) is 5.08. The molecule has 0 radical (unpaired) electrons. The van der Waals surface area contributed by atoms with Gasteiger partial charge in [0.15, 0.2) is 18.1 Å². The summed E-state index contributed by atoms with van der Waals surface area (Å²) in [5.74, 6) is -1.58. The highest BCUT2D eigenvalue weighted by atomic mass is 35.5. The molecular weight excluding hydrogens is 339 g/mol. The predicted molar refractivity (Wildman–Crippen MR) is 85.6 cm³/mol. The minimum Gasteiger partial charge on any atom is -0.493 e. The van der Waals surface area contributed by atoms with Gasteiger partial charge in [-0.05, 0) is 24.3 Å². The number of esters is 1. The van der Waals surface area contributed by atoms with Gasteiger partial charge in [0.2, 0.25) is 5.78 Å². The first-order chi connectivity index (χ1) is 11.5. The summed E-state index contributed by atoms with van der Waals surface area (Å²) >= 11 is 6.01. The van der Waals surface area contributed by atoms with Crippen molar-refractivity contribution in [3.05, 3.63) is 58.4 Å². The fourth-order valence-corrected chi connectivity index (χ4v) is 2.30. The summed E-state index contributed by atoms with van der Waals surface area (Å²) in [7, 11) is 2.81. The van der Waals surface area contributed by atoms with E-state index in [0.717, 1.165) is 6.07 Å². The van der Waals surface area contributed by atoms with Crippen LogP contribution in [0.25, 0.3) is 0 Å². The summed E-state index contributed by atoms with van der Waals surface area (Å²) in [4.78, 5) is 24.0. The highest BCUT2D eigenvalue weighted by Crippen LogP contribution is 2.36. The fraction of sp³-hybridized carbons (Fsp3) is 0.176. The van der Waals surface area contributed by atoms with E-state index < -0.39 is 24.2 Å². The van der Waals surface area contributed by atoms with E-state index in [4.69, 9.17) is 25.8 Å². The minimum atomic E-state index is -0.789. The molecule has 5 nitrogen and oxygen atoms in total. The summed E-state index contributed by atoms with van der Waals surface area (Å²) in [6.45, 7) is -0.592. The summed E-state index contributed by atoms with van der Waals surface area (Å²) in [5.41, 5.74) is -0.0605. The van der Waals surface area contributed by atoms with Crippen LogP contribution in [0.1, 0.15) is 20.7 Å². The van der Waals surface area contributed by atoms with Crippen LogP contribution in [0.4, 0.5) is 4.39 Å². The van der Waals surface area contributed by atoms with Crippen molar-refractivity contribution in [1.29, 1.82) is 0 Å². The lowest BCUT2D eigenvalue weighted by Crippen LogP contribution is -2.15. The zero-order chi connectivity index (χ0) is 17.7. The van der Waals surface area contributed by atoms with E-state index in [1.165, 1.54) is 44.6 Å². The monoisotopic (exact) mass is 352 g/mol. The Kier molecular flexibility index (Phi) is 5.76. The van der Waals surface area contributed by atoms with Gasteiger partial charge in [-0.3, -0.25) is 4.79 Å². The highest BCUT2D eigenvalue weighted by molar-refractivity contribution is 6.32. The van der Waals surface area contributed by atoms with Crippen molar-refractivity contribution in [2.75, 3.05) is 20.8 Å². The van der Waals surface area contributed by atoms with Gasteiger partial charge in [0.05, 0.1) is 30.4 Å². The Labute approximate surface area is 142 Å². The van der Waals surface area contributed by atoms with Gasteiger partial charge in [-0.25, -0.2) is 9.18 Å². The van der Waals surface area contributed by atoms with Crippen molar-refractivity contribution in [3.8, 4) is 11.5 Å². The Balaban J connectivity index is 2.12. The van der Waals surface area contributed by atoms with Crippen molar-refractivity contribution >= 4 is 23.4 Å². The number of halogens is 2. The molecule has 0 heterocycles. The number of benzene rings is 2. The molecule has 0 aromatic heterocycles. The van der Waals surface area contributed by atoms with Crippen molar-refractivity contribution in [2.24, 2.45) is 0 Å². The van der Waals surface area contributed by atoms with Gasteiger partial charge >= 0.3 is 5.97 Å². The average Bonchev–Trinajstić information content (AvgIpc) is 2.58. The van der Waals surface area contributed by atoms with Gasteiger partial charge < -0.3 is 14.2 Å². The molecule has 2 rings (SSSR count). The molecule has 2 aromatic rings. The molecule has 0 N–H and O–H groups in total. The SMILES string of the molecule is COc1cc(C(=O)OCC(=O)c2ccccc2F)cc(Cl)c1OC. The molecule has 0 aliphatic heterocycles. The summed E-state index contributed by atoms with van der Waals surface area (Å²) in [6, 6.07) is 8.16. The molecule has 0 aliphatic rings. The first-order valence-electron chi connectivity index (χ1n) is 6.84. The lowest BCUT2D eigenvalue weighted by molar-refractivity contribution is 0.0473. The smallest absolute Gasteiger partial charge is 0.338 e. The van der Waals surface area contributed by atoms with Crippen LogP contribution < -0.4 is 9.47 Å². The third-order valence-electron chi connectivity index (χ3n) is 3.18. The molecule has 0 amide bonds. The zero-order valence-corrected chi connectivity index (χ0v) is 13.7. The van der Waals surface area contributed by atoms with Gasteiger partial charge in [-0.2, -0.15) is 0 Å². The van der Waals surface area contributed by atoms with Crippen LogP contribution in [0, 0.1) is 5.82 Å². The van der Waals surface area contributed by atoms with E-state index in [1.54, 1.807) is 0 Å². The summed E-state index contributed by atoms with van der Waals surface area (Å²) in [5, 5.41) is 0.157. The molecular formula is C17H14ClFO5. The molecule has 0 saturated carbocycles. The zero-order valence-electron chi connectivity index (χ0n) is 13.0. The predicted octanol–water partition coefficient (Wildman–Crippen LogP) is 3.54. The average molecular weight is 353 g/mol. The first-order valence-corrected chi connectivity index (χ1v) is 7.22. The number of hydrogen-bond donors (Lipinski definition) is 0. The van der Waals surface area contributed by atoms with E-state index in [-0.39, 0.29) is 27.6 Å². The van der Waals surface area contributed by atoms with Crippen LogP contribution in [-0.2, 0) is 4.74 Å². The Bertz CT molecular complexity index is 776. The maximum atomic E-state index is 13.5. The Morgan fingerprint density at radius 3 is 2.46 bits per heavy atom. The first kappa shape index (κ1) is 17.7. The number of methoxy groups -OCH3 is 2. The van der Waals surface area contributed by atoms with Crippen molar-refractivity contribution < 1.29 is 28.2 Å². The minimum absolute atomic E-state index is 0.0824. The fourth-order valence-electron chi connectivity index (χ4n) is 2.02. The second kappa shape index (κ2) is 7.79. The molecule has 0 aliphatic carbocycles. The molecule has 7 heteroatoms. The van der Waals surface area contributed by atoms with Crippen LogP contribution >= 0.6 is 11.6 Å². The normalized spacial score (nSPS) is 10.2. The number of rotatable bonds is 6. The maximum Gasteiger partial charge on any atom is 0.338 e. The molecule has 126 valence electrons. The van der Waals surface area contributed by atoms with Gasteiger partial charge in [-0.1, -0.05) is 23.7 Å². The third-order valence-corrected chi connectivity index (χ3v) is 3.46. The summed E-state index contributed by atoms with van der Waals surface area (Å²) < 4.78 is 28.6. The molecule has 0 fully saturated rings. The largest absolute Gasteiger partial charge is 0.493 e. The van der Waals surface area contributed by atoms with Gasteiger partial charge in [0, 0.05) is 0 Å². The van der Waals surface area contributed by atoms with Crippen molar-refractivity contribution in [2.45, 2.75) is 0 Å². The van der Waals surface area contributed by atoms with E-state index in [1.807, 2.05) is 0 Å². The molecule has 0 saturated heterocycles. The van der Waals surface area contributed by atoms with E-state index in [0.29, 0.717) is 0 Å². The standard InChI is InChI=1S/C17H14ClFO5/c1-22-15-8-10(7-12(18)16(15)23-2)17(21)24-9-14(20)11-5-3-4-6-13(11)19/h3-8H,9H2,1-2H3. The van der Waals surface area contributed by atoms with Gasteiger partial charge in [-0.15, -0.1) is 0 Å². The van der Waals surface area contributed by atoms with E-state index >= 15 is 0 Å². The number of carbonyl (C=O) groups is 2. The van der Waals surface area contributed by atoms with Crippen LogP contribution in [0.15, 0.2) is 36.4 Å². The van der Waals surface area contributed by atoms with Crippen LogP contribution in [0.2, 0.25) is 5.02 Å². The summed E-state index contributed by atoms with van der Waals surface area (Å²) in [6.07, 6.45) is 0. The van der Waals surface area contributed by atoms with Crippen molar-refractivity contribution in [3.63, 3.8) is 0 Å². The van der Waals surface area contributed by atoms with Crippen LogP contribution in [0.5, 0.6) is 11.5 Å². The van der Waals surface area contributed by atoms with Crippen LogP contribution in [0.3, 0.4) is 0 Å². The van der Waals surface area contributed by atoms with Gasteiger partial charge in [0.1, 0.15) is 5.82 Å². The Hall–Kier alpha value is -2.60. The quantitative estimate of drug-likeness (QED) is 0.588. The second-order valence-electron chi connectivity index (χ2n) is 4.67. The van der Waals surface area contributed by atoms with E-state index in [2.05, 4.69) is 0 Å². The molecule has 0 unspecified atom stereocenters. The number of hydrogen-bond acceptors (Lipinski definition) is 5. The molecule has 0 bridgehead atoms. The lowest BCUT2D eigenvalue weighted by Gasteiger charge is -2.11. The highest BCUT2D eigenvalue weighted by Gasteiger charge is 2.18. The van der Waals surface area contributed by atoms with Gasteiger partial charge in [0.25, 0.3) is 0 Å². The molecule has 0 spiro atoms. The number of Topliss-reactive ketones (excluding diaryl/α,β-unsaturated/α-hetero) is 1. The lowest BCUT2D eigenvalue weighted by atomic mass is 10.1. The Morgan fingerprint density at radius 2 is 1.83 bits per heavy atom. The number of carbonyl (C=O) groups excluding carboxylic acids is 2. The topological polar surface area (TPSA) is 61.8 Å². The van der Waals surface area contributed by atoms with Crippen molar-refractivity contribution in [1.82, 2.24) is 0 Å².